The monoisotopic (exact) mass is 228 g/mol. The van der Waals surface area contributed by atoms with Crippen LogP contribution in [0.3, 0.4) is 0 Å². The largest absolute Gasteiger partial charge is 0.480 e. The molecule has 92 valence electrons. The minimum absolute atomic E-state index is 0.237. The van der Waals surface area contributed by atoms with Gasteiger partial charge >= 0.3 is 12.0 Å². The van der Waals surface area contributed by atoms with Gasteiger partial charge in [0.05, 0.1) is 0 Å². The van der Waals surface area contributed by atoms with Crippen molar-refractivity contribution in [1.29, 1.82) is 0 Å². The summed E-state index contributed by atoms with van der Waals surface area (Å²) in [5, 5.41) is 14.2. The Hall–Kier alpha value is -1.26. The number of carbonyl (C=O) groups is 2. The van der Waals surface area contributed by atoms with Gasteiger partial charge in [-0.3, -0.25) is 0 Å². The van der Waals surface area contributed by atoms with Crippen molar-refractivity contribution >= 4 is 12.0 Å². The Labute approximate surface area is 95.6 Å². The molecule has 0 bridgehead atoms. The summed E-state index contributed by atoms with van der Waals surface area (Å²) in [7, 11) is 0. The number of carbonyl (C=O) groups excluding carboxylic acids is 1. The van der Waals surface area contributed by atoms with Gasteiger partial charge in [0, 0.05) is 6.04 Å². The third kappa shape index (κ3) is 4.08. The molecule has 0 radical (unpaired) electrons. The lowest BCUT2D eigenvalue weighted by atomic mass is 9.93. The highest BCUT2D eigenvalue weighted by Crippen LogP contribution is 2.17. The van der Waals surface area contributed by atoms with Gasteiger partial charge in [0.2, 0.25) is 0 Å². The average Bonchev–Trinajstić information content (AvgIpc) is 2.18. The van der Waals surface area contributed by atoms with Gasteiger partial charge in [-0.15, -0.1) is 0 Å². The molecule has 1 atom stereocenters. The Bertz CT molecular complexity index is 252. The van der Waals surface area contributed by atoms with E-state index in [1.165, 1.54) is 0 Å². The van der Waals surface area contributed by atoms with E-state index in [0.717, 1.165) is 32.1 Å². The fourth-order valence-corrected chi connectivity index (χ4v) is 1.60. The maximum Gasteiger partial charge on any atom is 0.326 e. The van der Waals surface area contributed by atoms with Gasteiger partial charge < -0.3 is 15.7 Å². The Kier molecular flexibility index (Phi) is 5.08. The molecule has 16 heavy (non-hydrogen) atoms. The van der Waals surface area contributed by atoms with Crippen LogP contribution < -0.4 is 10.6 Å². The minimum atomic E-state index is -0.961. The van der Waals surface area contributed by atoms with E-state index in [1.54, 1.807) is 0 Å². The van der Waals surface area contributed by atoms with Gasteiger partial charge in [0.25, 0.3) is 0 Å². The molecule has 0 spiro atoms. The number of rotatable bonds is 6. The highest BCUT2D eigenvalue weighted by Gasteiger charge is 2.23. The normalized spacial score (nSPS) is 17.3. The third-order valence-electron chi connectivity index (χ3n) is 2.89. The minimum Gasteiger partial charge on any atom is -0.480 e. The number of hydrogen-bond acceptors (Lipinski definition) is 2. The number of carboxylic acids is 1. The van der Waals surface area contributed by atoms with Crippen molar-refractivity contribution in [3.63, 3.8) is 0 Å². The summed E-state index contributed by atoms with van der Waals surface area (Å²) in [5.41, 5.74) is 0. The molecule has 0 saturated heterocycles. The van der Waals surface area contributed by atoms with Crippen molar-refractivity contribution in [3.05, 3.63) is 0 Å². The summed E-state index contributed by atoms with van der Waals surface area (Å²) in [5.74, 6) is -0.961. The van der Waals surface area contributed by atoms with E-state index in [1.807, 2.05) is 6.92 Å². The van der Waals surface area contributed by atoms with Crippen LogP contribution in [0.2, 0.25) is 0 Å². The van der Waals surface area contributed by atoms with Crippen LogP contribution in [0.1, 0.15) is 45.4 Å². The Morgan fingerprint density at radius 1 is 1.44 bits per heavy atom. The molecule has 5 nitrogen and oxygen atoms in total. The maximum absolute atomic E-state index is 11.4. The van der Waals surface area contributed by atoms with E-state index >= 15 is 0 Å². The van der Waals surface area contributed by atoms with Gasteiger partial charge in [0.1, 0.15) is 6.04 Å². The molecule has 1 saturated carbocycles. The van der Waals surface area contributed by atoms with Gasteiger partial charge in [-0.25, -0.2) is 9.59 Å². The first kappa shape index (κ1) is 12.8. The Morgan fingerprint density at radius 3 is 2.56 bits per heavy atom. The molecule has 0 unspecified atom stereocenters. The number of nitrogens with one attached hydrogen (secondary N) is 2. The second-order valence-corrected chi connectivity index (χ2v) is 4.28. The van der Waals surface area contributed by atoms with Crippen LogP contribution in [0.4, 0.5) is 4.79 Å². The molecule has 0 aromatic carbocycles. The molecule has 1 rings (SSSR count). The van der Waals surface area contributed by atoms with Crippen LogP contribution in [0.5, 0.6) is 0 Å². The van der Waals surface area contributed by atoms with Crippen LogP contribution >= 0.6 is 0 Å². The Balaban J connectivity index is 2.28. The summed E-state index contributed by atoms with van der Waals surface area (Å²) >= 11 is 0. The zero-order chi connectivity index (χ0) is 12.0. The predicted octanol–water partition coefficient (Wildman–Crippen LogP) is 1.48. The van der Waals surface area contributed by atoms with Crippen molar-refractivity contribution in [1.82, 2.24) is 10.6 Å². The number of aliphatic carboxylic acids is 1. The molecular formula is C11H20N2O3. The lowest BCUT2D eigenvalue weighted by Gasteiger charge is -2.27. The second kappa shape index (κ2) is 6.35. The standard InChI is InChI=1S/C11H20N2O3/c1-2-3-7-9(10(14)15)13-11(16)12-8-5-4-6-8/h8-9H,2-7H2,1H3,(H,14,15)(H2,12,13,16)/t9-/m0/s1. The van der Waals surface area contributed by atoms with E-state index in [0.29, 0.717) is 6.42 Å². The van der Waals surface area contributed by atoms with E-state index in [2.05, 4.69) is 10.6 Å². The predicted molar refractivity (Wildman–Crippen MR) is 60.3 cm³/mol. The van der Waals surface area contributed by atoms with Crippen molar-refractivity contribution in [2.75, 3.05) is 0 Å². The van der Waals surface area contributed by atoms with Crippen LogP contribution in [0.15, 0.2) is 0 Å². The quantitative estimate of drug-likeness (QED) is 0.644. The van der Waals surface area contributed by atoms with Crippen LogP contribution in [0, 0.1) is 0 Å². The number of amides is 2. The van der Waals surface area contributed by atoms with E-state index < -0.39 is 12.0 Å². The van der Waals surface area contributed by atoms with Crippen molar-refractivity contribution < 1.29 is 14.7 Å². The lowest BCUT2D eigenvalue weighted by molar-refractivity contribution is -0.139. The van der Waals surface area contributed by atoms with Crippen LogP contribution in [0.25, 0.3) is 0 Å². The van der Waals surface area contributed by atoms with Crippen molar-refractivity contribution in [2.24, 2.45) is 0 Å². The van der Waals surface area contributed by atoms with Crippen molar-refractivity contribution in [3.8, 4) is 0 Å². The van der Waals surface area contributed by atoms with Gasteiger partial charge in [-0.1, -0.05) is 19.8 Å². The van der Waals surface area contributed by atoms with E-state index in [4.69, 9.17) is 5.11 Å². The topological polar surface area (TPSA) is 78.4 Å². The van der Waals surface area contributed by atoms with E-state index in [-0.39, 0.29) is 12.1 Å². The summed E-state index contributed by atoms with van der Waals surface area (Å²) < 4.78 is 0. The lowest BCUT2D eigenvalue weighted by Crippen LogP contribution is -2.50. The second-order valence-electron chi connectivity index (χ2n) is 4.28. The first-order valence-corrected chi connectivity index (χ1v) is 5.93. The van der Waals surface area contributed by atoms with Gasteiger partial charge in [-0.05, 0) is 25.7 Å². The molecule has 3 N–H and O–H groups in total. The number of urea groups is 1. The zero-order valence-electron chi connectivity index (χ0n) is 9.66. The maximum atomic E-state index is 11.4. The SMILES string of the molecule is CCCC[C@H](NC(=O)NC1CCC1)C(=O)O. The summed E-state index contributed by atoms with van der Waals surface area (Å²) in [6.07, 6.45) is 5.36. The molecule has 1 fully saturated rings. The highest BCUT2D eigenvalue weighted by atomic mass is 16.4. The molecule has 1 aliphatic carbocycles. The molecule has 0 heterocycles. The summed E-state index contributed by atoms with van der Waals surface area (Å²) in [6, 6.07) is -0.881. The van der Waals surface area contributed by atoms with E-state index in [9.17, 15) is 9.59 Å². The third-order valence-corrected chi connectivity index (χ3v) is 2.89. The molecule has 5 heteroatoms. The molecule has 1 aliphatic rings. The fourth-order valence-electron chi connectivity index (χ4n) is 1.60. The number of carboxylic acid groups (broad SMARTS) is 1. The smallest absolute Gasteiger partial charge is 0.326 e. The zero-order valence-corrected chi connectivity index (χ0v) is 9.66. The first-order valence-electron chi connectivity index (χ1n) is 5.93. The molecule has 0 aromatic heterocycles. The summed E-state index contributed by atoms with van der Waals surface area (Å²) in [6.45, 7) is 1.99. The van der Waals surface area contributed by atoms with Crippen molar-refractivity contribution in [2.45, 2.75) is 57.5 Å². The number of unbranched alkanes of at least 4 members (excludes halogenated alkanes) is 1. The molecule has 0 aromatic rings. The Morgan fingerprint density at radius 2 is 2.12 bits per heavy atom. The fraction of sp³-hybridized carbons (Fsp3) is 0.818. The number of hydrogen-bond donors (Lipinski definition) is 3. The first-order chi connectivity index (χ1) is 7.63. The van der Waals surface area contributed by atoms with Crippen LogP contribution in [-0.4, -0.2) is 29.2 Å². The summed E-state index contributed by atoms with van der Waals surface area (Å²) in [4.78, 5) is 22.3. The van der Waals surface area contributed by atoms with Crippen LogP contribution in [-0.2, 0) is 4.79 Å². The molecular weight excluding hydrogens is 208 g/mol. The molecule has 2 amide bonds. The van der Waals surface area contributed by atoms with Gasteiger partial charge in [-0.2, -0.15) is 0 Å². The molecule has 0 aliphatic heterocycles. The highest BCUT2D eigenvalue weighted by molar-refractivity contribution is 5.82. The average molecular weight is 228 g/mol. The van der Waals surface area contributed by atoms with Gasteiger partial charge in [0.15, 0.2) is 0 Å².